The third-order valence-electron chi connectivity index (χ3n) is 3.57. The van der Waals surface area contributed by atoms with E-state index < -0.39 is 22.7 Å². The molecule has 0 spiro atoms. The Balaban J connectivity index is 2.67. The Morgan fingerprint density at radius 2 is 1.77 bits per heavy atom. The first-order valence-corrected chi connectivity index (χ1v) is 8.32. The van der Waals surface area contributed by atoms with Crippen molar-refractivity contribution in [3.63, 3.8) is 0 Å². The molecule has 10 heteroatoms. The summed E-state index contributed by atoms with van der Waals surface area (Å²) in [4.78, 5) is 36.9. The predicted molar refractivity (Wildman–Crippen MR) is 97.7 cm³/mol. The van der Waals surface area contributed by atoms with Crippen LogP contribution in [0.3, 0.4) is 0 Å². The van der Waals surface area contributed by atoms with Crippen molar-refractivity contribution < 1.29 is 14.5 Å². The molecule has 0 N–H and O–H groups in total. The van der Waals surface area contributed by atoms with Gasteiger partial charge in [-0.25, -0.2) is 4.90 Å². The first kappa shape index (κ1) is 19.9. The second kappa shape index (κ2) is 7.43. The maximum atomic E-state index is 13.0. The van der Waals surface area contributed by atoms with E-state index in [0.717, 1.165) is 17.0 Å². The third kappa shape index (κ3) is 3.71. The van der Waals surface area contributed by atoms with Crippen molar-refractivity contribution in [3.05, 3.63) is 49.7 Å². The van der Waals surface area contributed by atoms with Crippen LogP contribution >= 0.6 is 23.2 Å². The van der Waals surface area contributed by atoms with E-state index >= 15 is 0 Å². The van der Waals surface area contributed by atoms with E-state index in [1.807, 2.05) is 0 Å². The van der Waals surface area contributed by atoms with Gasteiger partial charge >= 0.3 is 0 Å². The van der Waals surface area contributed by atoms with Gasteiger partial charge in [-0.15, -0.1) is 0 Å². The Bertz CT molecular complexity index is 885. The normalized spacial score (nSPS) is 10.9. The average molecular weight is 399 g/mol. The van der Waals surface area contributed by atoms with E-state index in [9.17, 15) is 19.7 Å². The minimum atomic E-state index is -0.676. The highest BCUT2D eigenvalue weighted by Crippen LogP contribution is 2.38. The van der Waals surface area contributed by atoms with Gasteiger partial charge < -0.3 is 0 Å². The Labute approximate surface area is 159 Å². The molecule has 1 heterocycles. The fourth-order valence-corrected chi connectivity index (χ4v) is 3.01. The zero-order valence-corrected chi connectivity index (χ0v) is 16.0. The smallest absolute Gasteiger partial charge is 0.274 e. The number of nitro benzene ring substituents is 1. The number of rotatable bonds is 4. The molecule has 0 atom stereocenters. The zero-order chi connectivity index (χ0) is 19.8. The number of benzene rings is 1. The number of carbonyl (C=O) groups excluding carboxylic acids is 2. The zero-order valence-electron chi connectivity index (χ0n) is 14.5. The fraction of sp³-hybridized carbons (Fsp3) is 0.312. The van der Waals surface area contributed by atoms with Gasteiger partial charge in [0, 0.05) is 25.1 Å². The van der Waals surface area contributed by atoms with Crippen LogP contribution < -0.4 is 4.90 Å². The number of hydrogen-bond acceptors (Lipinski definition) is 5. The highest BCUT2D eigenvalue weighted by Gasteiger charge is 2.33. The van der Waals surface area contributed by atoms with Gasteiger partial charge in [0.25, 0.3) is 11.6 Å². The van der Waals surface area contributed by atoms with E-state index in [4.69, 9.17) is 23.2 Å². The number of hydrogen-bond donors (Lipinski definition) is 0. The second-order valence-electron chi connectivity index (χ2n) is 5.94. The molecule has 0 saturated carbocycles. The number of amides is 2. The Morgan fingerprint density at radius 3 is 2.15 bits per heavy atom. The highest BCUT2D eigenvalue weighted by molar-refractivity contribution is 6.42. The van der Waals surface area contributed by atoms with Crippen molar-refractivity contribution in [1.82, 2.24) is 9.78 Å². The topological polar surface area (TPSA) is 98.3 Å². The van der Waals surface area contributed by atoms with Gasteiger partial charge in [-0.3, -0.25) is 24.4 Å². The molecule has 0 unspecified atom stereocenters. The predicted octanol–water partition coefficient (Wildman–Crippen LogP) is 3.77. The molecule has 0 bridgehead atoms. The van der Waals surface area contributed by atoms with E-state index in [-0.39, 0.29) is 27.1 Å². The number of anilines is 1. The molecule has 0 aliphatic rings. The number of carbonyl (C=O) groups is 2. The van der Waals surface area contributed by atoms with Crippen molar-refractivity contribution in [2.45, 2.75) is 20.8 Å². The molecule has 2 rings (SSSR count). The molecule has 2 aromatic rings. The van der Waals surface area contributed by atoms with Crippen LogP contribution in [-0.2, 0) is 11.8 Å². The maximum Gasteiger partial charge on any atom is 0.283 e. The Hall–Kier alpha value is -2.45. The molecule has 1 aromatic heterocycles. The van der Waals surface area contributed by atoms with Gasteiger partial charge in [0.05, 0.1) is 26.3 Å². The highest BCUT2D eigenvalue weighted by atomic mass is 35.5. The van der Waals surface area contributed by atoms with Crippen LogP contribution in [0, 0.1) is 23.0 Å². The molecular formula is C16H16Cl2N4O4. The molecule has 26 heavy (non-hydrogen) atoms. The molecule has 138 valence electrons. The van der Waals surface area contributed by atoms with Crippen LogP contribution in [0.1, 0.15) is 30.0 Å². The van der Waals surface area contributed by atoms with Crippen LogP contribution in [0.25, 0.3) is 0 Å². The monoisotopic (exact) mass is 398 g/mol. The molecule has 1 aromatic carbocycles. The van der Waals surface area contributed by atoms with E-state index in [2.05, 4.69) is 5.10 Å². The van der Waals surface area contributed by atoms with Crippen LogP contribution in [0.5, 0.6) is 0 Å². The average Bonchev–Trinajstić information content (AvgIpc) is 2.87. The largest absolute Gasteiger partial charge is 0.283 e. The second-order valence-corrected chi connectivity index (χ2v) is 6.76. The summed E-state index contributed by atoms with van der Waals surface area (Å²) in [5.41, 5.74) is 0.307. The summed E-state index contributed by atoms with van der Waals surface area (Å²) in [6, 6.07) is 3.62. The summed E-state index contributed by atoms with van der Waals surface area (Å²) in [6.45, 7) is 4.94. The standard InChI is InChI=1S/C16H16Cl2N4O4/c1-8(2)15(23)21(16(24)13-5-9(3)19-20(13)4)14-11(17)6-10(22(25)26)7-12(14)18/h5-8H,1-4H3. The lowest BCUT2D eigenvalue weighted by atomic mass is 10.1. The lowest BCUT2D eigenvalue weighted by Gasteiger charge is -2.24. The number of nitro groups is 1. The minimum Gasteiger partial charge on any atom is -0.274 e. The molecule has 0 radical (unpaired) electrons. The van der Waals surface area contributed by atoms with E-state index in [1.54, 1.807) is 27.8 Å². The number of imide groups is 1. The lowest BCUT2D eigenvalue weighted by Crippen LogP contribution is -2.41. The first-order chi connectivity index (χ1) is 12.0. The van der Waals surface area contributed by atoms with Crippen molar-refractivity contribution in [2.24, 2.45) is 13.0 Å². The van der Waals surface area contributed by atoms with Crippen LogP contribution in [-0.4, -0.2) is 26.5 Å². The van der Waals surface area contributed by atoms with Crippen LogP contribution in [0.15, 0.2) is 18.2 Å². The van der Waals surface area contributed by atoms with Gasteiger partial charge in [-0.05, 0) is 13.0 Å². The first-order valence-electron chi connectivity index (χ1n) is 7.57. The number of aromatic nitrogens is 2. The number of aryl methyl sites for hydroxylation is 2. The summed E-state index contributed by atoms with van der Waals surface area (Å²) in [5.74, 6) is -1.77. The SMILES string of the molecule is Cc1cc(C(=O)N(C(=O)C(C)C)c2c(Cl)cc([N+](=O)[O-])cc2Cl)n(C)n1. The molecule has 8 nitrogen and oxygen atoms in total. The van der Waals surface area contributed by atoms with Crippen LogP contribution in [0.2, 0.25) is 10.0 Å². The van der Waals surface area contributed by atoms with Gasteiger partial charge in [-0.2, -0.15) is 5.10 Å². The summed E-state index contributed by atoms with van der Waals surface area (Å²) in [5, 5.41) is 14.7. The minimum absolute atomic E-state index is 0.0958. The summed E-state index contributed by atoms with van der Waals surface area (Å²) in [6.07, 6.45) is 0. The van der Waals surface area contributed by atoms with Gasteiger partial charge in [0.2, 0.25) is 5.91 Å². The molecule has 0 saturated heterocycles. The number of non-ortho nitro benzene ring substituents is 1. The fourth-order valence-electron chi connectivity index (χ4n) is 2.37. The number of halogens is 2. The quantitative estimate of drug-likeness (QED) is 0.576. The molecule has 0 aliphatic heterocycles. The maximum absolute atomic E-state index is 13.0. The van der Waals surface area contributed by atoms with Crippen molar-refractivity contribution in [3.8, 4) is 0 Å². The van der Waals surface area contributed by atoms with E-state index in [1.165, 1.54) is 10.7 Å². The molecular weight excluding hydrogens is 383 g/mol. The third-order valence-corrected chi connectivity index (χ3v) is 4.15. The Morgan fingerprint density at radius 1 is 1.23 bits per heavy atom. The van der Waals surface area contributed by atoms with Gasteiger partial charge in [0.1, 0.15) is 5.69 Å². The van der Waals surface area contributed by atoms with Crippen molar-refractivity contribution >= 4 is 46.4 Å². The lowest BCUT2D eigenvalue weighted by molar-refractivity contribution is -0.384. The Kier molecular flexibility index (Phi) is 5.68. The number of nitrogens with zero attached hydrogens (tertiary/aromatic N) is 4. The van der Waals surface area contributed by atoms with Crippen LogP contribution in [0.4, 0.5) is 11.4 Å². The van der Waals surface area contributed by atoms with Gasteiger partial charge in [0.15, 0.2) is 0 Å². The van der Waals surface area contributed by atoms with Crippen molar-refractivity contribution in [2.75, 3.05) is 4.90 Å². The summed E-state index contributed by atoms with van der Waals surface area (Å²) in [7, 11) is 1.57. The summed E-state index contributed by atoms with van der Waals surface area (Å²) >= 11 is 12.3. The molecule has 0 aliphatic carbocycles. The summed E-state index contributed by atoms with van der Waals surface area (Å²) < 4.78 is 1.34. The molecule has 2 amide bonds. The molecule has 0 fully saturated rings. The van der Waals surface area contributed by atoms with E-state index in [0.29, 0.717) is 5.69 Å². The van der Waals surface area contributed by atoms with Gasteiger partial charge in [-0.1, -0.05) is 37.0 Å². The van der Waals surface area contributed by atoms with Crippen molar-refractivity contribution in [1.29, 1.82) is 0 Å².